The first-order valence-electron chi connectivity index (χ1n) is 8.54. The van der Waals surface area contributed by atoms with E-state index >= 15 is 0 Å². The Kier molecular flexibility index (Phi) is 14.6. The molecule has 0 bridgehead atoms. The summed E-state index contributed by atoms with van der Waals surface area (Å²) in [6, 6.07) is 0. The van der Waals surface area contributed by atoms with Gasteiger partial charge in [-0.3, -0.25) is 4.79 Å². The fourth-order valence-corrected chi connectivity index (χ4v) is 2.01. The standard InChI is InChI=1S/C19H32O4/c1-3-17(20)18(21)15-13-11-9-7-5-4-6-8-10-12-14-16-19(22)23-2/h5,7,9,11,13,15,17-18,20-21H,3-4,6,8,10,12,14,16H2,1-2H3/b7-5+,11-9+,15-13+/t17-,18-/m0/s1. The molecule has 0 aromatic heterocycles. The number of ether oxygens (including phenoxy) is 1. The van der Waals surface area contributed by atoms with Crippen molar-refractivity contribution in [3.8, 4) is 0 Å². The van der Waals surface area contributed by atoms with E-state index < -0.39 is 12.2 Å². The average molecular weight is 324 g/mol. The van der Waals surface area contributed by atoms with Gasteiger partial charge < -0.3 is 14.9 Å². The molecule has 0 rings (SSSR count). The highest BCUT2D eigenvalue weighted by Gasteiger charge is 2.08. The van der Waals surface area contributed by atoms with Gasteiger partial charge in [0.2, 0.25) is 0 Å². The molecule has 2 N–H and O–H groups in total. The maximum atomic E-state index is 10.9. The van der Waals surface area contributed by atoms with Crippen LogP contribution >= 0.6 is 0 Å². The van der Waals surface area contributed by atoms with Crippen molar-refractivity contribution < 1.29 is 19.7 Å². The second-order valence-corrected chi connectivity index (χ2v) is 5.55. The van der Waals surface area contributed by atoms with Gasteiger partial charge in [-0.2, -0.15) is 0 Å². The molecule has 0 radical (unpaired) electrons. The van der Waals surface area contributed by atoms with Gasteiger partial charge in [-0.05, 0) is 25.7 Å². The molecule has 0 aromatic carbocycles. The van der Waals surface area contributed by atoms with E-state index in [0.717, 1.165) is 32.1 Å². The summed E-state index contributed by atoms with van der Waals surface area (Å²) < 4.78 is 4.59. The van der Waals surface area contributed by atoms with E-state index in [1.807, 2.05) is 25.2 Å². The molecule has 4 nitrogen and oxygen atoms in total. The van der Waals surface area contributed by atoms with Gasteiger partial charge in [-0.25, -0.2) is 0 Å². The molecule has 0 fully saturated rings. The maximum absolute atomic E-state index is 10.9. The van der Waals surface area contributed by atoms with E-state index in [1.54, 1.807) is 12.2 Å². The van der Waals surface area contributed by atoms with Crippen LogP contribution in [0.4, 0.5) is 0 Å². The summed E-state index contributed by atoms with van der Waals surface area (Å²) in [6.45, 7) is 1.83. The van der Waals surface area contributed by atoms with Crippen LogP contribution in [0.1, 0.15) is 58.3 Å². The van der Waals surface area contributed by atoms with Gasteiger partial charge >= 0.3 is 5.97 Å². The lowest BCUT2D eigenvalue weighted by Crippen LogP contribution is -2.22. The number of hydrogen-bond donors (Lipinski definition) is 2. The summed E-state index contributed by atoms with van der Waals surface area (Å²) in [5.41, 5.74) is 0. The van der Waals surface area contributed by atoms with Crippen LogP contribution in [0.25, 0.3) is 0 Å². The third kappa shape index (κ3) is 14.0. The quantitative estimate of drug-likeness (QED) is 0.308. The number of rotatable bonds is 13. The van der Waals surface area contributed by atoms with Gasteiger partial charge in [0.15, 0.2) is 0 Å². The number of aliphatic hydroxyl groups is 2. The highest BCUT2D eigenvalue weighted by Crippen LogP contribution is 2.08. The molecule has 0 heterocycles. The first kappa shape index (κ1) is 21.6. The number of allylic oxidation sites excluding steroid dienone is 5. The fourth-order valence-electron chi connectivity index (χ4n) is 2.01. The van der Waals surface area contributed by atoms with Crippen molar-refractivity contribution in [3.05, 3.63) is 36.5 Å². The van der Waals surface area contributed by atoms with Crippen LogP contribution in [0.5, 0.6) is 0 Å². The number of carbonyl (C=O) groups excluding carboxylic acids is 1. The Morgan fingerprint density at radius 1 is 1.00 bits per heavy atom. The van der Waals surface area contributed by atoms with Crippen molar-refractivity contribution in [1.82, 2.24) is 0 Å². The van der Waals surface area contributed by atoms with E-state index in [-0.39, 0.29) is 5.97 Å². The topological polar surface area (TPSA) is 66.8 Å². The first-order chi connectivity index (χ1) is 11.1. The highest BCUT2D eigenvalue weighted by atomic mass is 16.5. The van der Waals surface area contributed by atoms with E-state index in [2.05, 4.69) is 10.8 Å². The first-order valence-corrected chi connectivity index (χ1v) is 8.54. The lowest BCUT2D eigenvalue weighted by molar-refractivity contribution is -0.140. The summed E-state index contributed by atoms with van der Waals surface area (Å²) in [6.07, 6.45) is 17.3. The smallest absolute Gasteiger partial charge is 0.305 e. The summed E-state index contributed by atoms with van der Waals surface area (Å²) in [4.78, 5) is 10.9. The normalized spacial score (nSPS) is 14.8. The zero-order chi connectivity index (χ0) is 17.3. The number of hydrogen-bond acceptors (Lipinski definition) is 4. The molecule has 0 spiro atoms. The minimum Gasteiger partial charge on any atom is -0.469 e. The van der Waals surface area contributed by atoms with Crippen LogP contribution in [0.2, 0.25) is 0 Å². The van der Waals surface area contributed by atoms with Crippen LogP contribution in [-0.4, -0.2) is 35.5 Å². The Labute approximate surface area is 140 Å². The summed E-state index contributed by atoms with van der Waals surface area (Å²) >= 11 is 0. The fraction of sp³-hybridized carbons (Fsp3) is 0.632. The second kappa shape index (κ2) is 15.5. The largest absolute Gasteiger partial charge is 0.469 e. The molecule has 0 unspecified atom stereocenters. The van der Waals surface area contributed by atoms with Gasteiger partial charge in [0.1, 0.15) is 0 Å². The molecular formula is C19H32O4. The van der Waals surface area contributed by atoms with Crippen molar-refractivity contribution in [1.29, 1.82) is 0 Å². The second-order valence-electron chi connectivity index (χ2n) is 5.55. The molecule has 0 amide bonds. The van der Waals surface area contributed by atoms with E-state index in [9.17, 15) is 15.0 Å². The molecule has 23 heavy (non-hydrogen) atoms. The molecule has 132 valence electrons. The number of aliphatic hydroxyl groups excluding tert-OH is 2. The summed E-state index contributed by atoms with van der Waals surface area (Å²) in [5, 5.41) is 18.9. The number of carbonyl (C=O) groups is 1. The Bertz CT molecular complexity index is 372. The minimum absolute atomic E-state index is 0.120. The van der Waals surface area contributed by atoms with Crippen molar-refractivity contribution in [2.24, 2.45) is 0 Å². The molecule has 2 atom stereocenters. The zero-order valence-electron chi connectivity index (χ0n) is 14.5. The van der Waals surface area contributed by atoms with Crippen LogP contribution in [0.3, 0.4) is 0 Å². The molecule has 0 aromatic rings. The van der Waals surface area contributed by atoms with E-state index in [1.165, 1.54) is 13.5 Å². The van der Waals surface area contributed by atoms with Gasteiger partial charge in [0.25, 0.3) is 0 Å². The van der Waals surface area contributed by atoms with Crippen LogP contribution in [0.15, 0.2) is 36.5 Å². The van der Waals surface area contributed by atoms with Crippen molar-refractivity contribution in [2.45, 2.75) is 70.5 Å². The maximum Gasteiger partial charge on any atom is 0.305 e. The predicted octanol–water partition coefficient (Wildman–Crippen LogP) is 3.69. The Balaban J connectivity index is 3.52. The number of esters is 1. The van der Waals surface area contributed by atoms with E-state index in [0.29, 0.717) is 12.8 Å². The summed E-state index contributed by atoms with van der Waals surface area (Å²) in [5.74, 6) is -0.120. The van der Waals surface area contributed by atoms with Crippen molar-refractivity contribution in [2.75, 3.05) is 7.11 Å². The van der Waals surface area contributed by atoms with Crippen molar-refractivity contribution in [3.63, 3.8) is 0 Å². The van der Waals surface area contributed by atoms with Gasteiger partial charge in [0.05, 0.1) is 19.3 Å². The van der Waals surface area contributed by atoms with Gasteiger partial charge in [0, 0.05) is 6.42 Å². The number of unbranched alkanes of at least 4 members (excludes halogenated alkanes) is 5. The average Bonchev–Trinajstić information content (AvgIpc) is 2.57. The minimum atomic E-state index is -0.798. The third-order valence-electron chi connectivity index (χ3n) is 3.57. The highest BCUT2D eigenvalue weighted by molar-refractivity contribution is 5.68. The van der Waals surface area contributed by atoms with Crippen molar-refractivity contribution >= 4 is 5.97 Å². The third-order valence-corrected chi connectivity index (χ3v) is 3.57. The van der Waals surface area contributed by atoms with Gasteiger partial charge in [-0.15, -0.1) is 0 Å². The Morgan fingerprint density at radius 3 is 2.35 bits per heavy atom. The molecule has 0 aliphatic rings. The molecular weight excluding hydrogens is 292 g/mol. The Hall–Kier alpha value is -1.39. The zero-order valence-corrected chi connectivity index (χ0v) is 14.5. The monoisotopic (exact) mass is 324 g/mol. The lowest BCUT2D eigenvalue weighted by Gasteiger charge is -2.10. The predicted molar refractivity (Wildman–Crippen MR) is 94.1 cm³/mol. The molecule has 0 saturated carbocycles. The molecule has 0 saturated heterocycles. The SMILES string of the molecule is CC[C@H](O)[C@@H](O)/C=C/C=C/C=C/CCCCCCCC(=O)OC. The lowest BCUT2D eigenvalue weighted by atomic mass is 10.1. The van der Waals surface area contributed by atoms with Crippen LogP contribution < -0.4 is 0 Å². The van der Waals surface area contributed by atoms with Gasteiger partial charge in [-0.1, -0.05) is 62.6 Å². The van der Waals surface area contributed by atoms with Crippen LogP contribution in [0, 0.1) is 0 Å². The van der Waals surface area contributed by atoms with Crippen LogP contribution in [-0.2, 0) is 9.53 Å². The number of methoxy groups -OCH3 is 1. The molecule has 4 heteroatoms. The molecule has 0 aliphatic heterocycles. The Morgan fingerprint density at radius 2 is 1.65 bits per heavy atom. The van der Waals surface area contributed by atoms with E-state index in [4.69, 9.17) is 0 Å². The molecule has 0 aliphatic carbocycles. The summed E-state index contributed by atoms with van der Waals surface area (Å²) in [7, 11) is 1.43.